The van der Waals surface area contributed by atoms with Crippen molar-refractivity contribution in [3.8, 4) is 12.2 Å². The van der Waals surface area contributed by atoms with E-state index in [9.17, 15) is 9.59 Å². The van der Waals surface area contributed by atoms with Crippen LogP contribution in [0.4, 0.5) is 9.59 Å². The number of ether oxygens (including phenoxy) is 2. The molecule has 0 fully saturated rings. The Morgan fingerprint density at radius 1 is 0.920 bits per heavy atom. The van der Waals surface area contributed by atoms with Crippen LogP contribution >= 0.6 is 0 Å². The quantitative estimate of drug-likeness (QED) is 0.478. The summed E-state index contributed by atoms with van der Waals surface area (Å²) in [5.41, 5.74) is 0. The van der Waals surface area contributed by atoms with Crippen LogP contribution in [0.5, 0.6) is 12.2 Å². The Hall–Kier alpha value is -1.84. The van der Waals surface area contributed by atoms with Gasteiger partial charge in [0.05, 0.1) is 0 Å². The molecule has 0 unspecified atom stereocenters. The van der Waals surface area contributed by atoms with Crippen molar-refractivity contribution in [1.29, 1.82) is 0 Å². The van der Waals surface area contributed by atoms with E-state index in [0.717, 1.165) is 25.7 Å². The van der Waals surface area contributed by atoms with Gasteiger partial charge in [-0.3, -0.25) is 0 Å². The average Bonchev–Trinajstić information content (AvgIpc) is 3.29. The number of nitrogens with zero attached hydrogens (tertiary/aromatic N) is 2. The Labute approximate surface area is 149 Å². The Morgan fingerprint density at radius 3 is 1.68 bits per heavy atom. The average molecular weight is 457 g/mol. The van der Waals surface area contributed by atoms with Gasteiger partial charge in [0.15, 0.2) is 0 Å². The second kappa shape index (κ2) is 9.59. The number of aromatic nitrogens is 2. The first-order valence-electron chi connectivity index (χ1n) is 8.36. The molecule has 9 heteroatoms. The molecular formula is C16H22N2O6Sn. The molecular weight excluding hydrogens is 435 g/mol. The summed E-state index contributed by atoms with van der Waals surface area (Å²) < 4.78 is 20.5. The molecule has 2 aromatic rings. The number of oxazole rings is 2. The monoisotopic (exact) mass is 458 g/mol. The fourth-order valence-electron chi connectivity index (χ4n) is 2.45. The van der Waals surface area contributed by atoms with Crippen molar-refractivity contribution < 1.29 is 27.9 Å². The molecule has 136 valence electrons. The molecule has 2 heterocycles. The zero-order valence-corrected chi connectivity index (χ0v) is 17.3. The molecule has 0 spiro atoms. The standard InChI is InChI=1S/2C4H2NO3.2C4H9.Sn/c2*6-3-8-4-5-1-2-7-4;2*1-3-4-2;/h2*1-2H;2*1,3-4H2,2H3;. The topological polar surface area (TPSA) is 105 Å². The molecule has 0 aliphatic rings. The van der Waals surface area contributed by atoms with E-state index in [4.69, 9.17) is 18.3 Å². The summed E-state index contributed by atoms with van der Waals surface area (Å²) in [6.45, 7) is 4.02. The second-order valence-corrected chi connectivity index (χ2v) is 17.0. The van der Waals surface area contributed by atoms with Gasteiger partial charge in [-0.1, -0.05) is 0 Å². The maximum absolute atomic E-state index is 12.9. The van der Waals surface area contributed by atoms with Crippen LogP contribution in [0.1, 0.15) is 39.5 Å². The van der Waals surface area contributed by atoms with Crippen LogP contribution in [0.25, 0.3) is 0 Å². The van der Waals surface area contributed by atoms with E-state index in [-0.39, 0.29) is 12.2 Å². The molecule has 25 heavy (non-hydrogen) atoms. The maximum atomic E-state index is 12.9. The van der Waals surface area contributed by atoms with Crippen molar-refractivity contribution in [3.05, 3.63) is 24.9 Å². The van der Waals surface area contributed by atoms with Gasteiger partial charge in [-0.05, 0) is 0 Å². The van der Waals surface area contributed by atoms with Crippen molar-refractivity contribution in [2.24, 2.45) is 0 Å². The van der Waals surface area contributed by atoms with Crippen LogP contribution in [0.3, 0.4) is 0 Å². The van der Waals surface area contributed by atoms with Gasteiger partial charge in [0.1, 0.15) is 0 Å². The summed E-state index contributed by atoms with van der Waals surface area (Å²) in [5, 5.41) is 0. The molecule has 0 bridgehead atoms. The molecule has 0 amide bonds. The van der Waals surface area contributed by atoms with Crippen LogP contribution in [-0.4, -0.2) is 36.3 Å². The summed E-state index contributed by atoms with van der Waals surface area (Å²) in [5.74, 6) is 0. The van der Waals surface area contributed by atoms with E-state index in [0.29, 0.717) is 8.87 Å². The third-order valence-electron chi connectivity index (χ3n) is 3.88. The van der Waals surface area contributed by atoms with Gasteiger partial charge < -0.3 is 0 Å². The van der Waals surface area contributed by atoms with Crippen LogP contribution in [-0.2, 0) is 0 Å². The summed E-state index contributed by atoms with van der Waals surface area (Å²) in [6.07, 6.45) is 8.30. The van der Waals surface area contributed by atoms with E-state index >= 15 is 0 Å². The molecule has 2 rings (SSSR count). The van der Waals surface area contributed by atoms with Crippen molar-refractivity contribution >= 4 is 26.3 Å². The summed E-state index contributed by atoms with van der Waals surface area (Å²) >= 11 is -4.21. The van der Waals surface area contributed by atoms with Crippen LogP contribution in [0, 0.1) is 0 Å². The van der Waals surface area contributed by atoms with Gasteiger partial charge in [0.2, 0.25) is 0 Å². The van der Waals surface area contributed by atoms with E-state index in [1.54, 1.807) is 0 Å². The first kappa shape index (κ1) is 19.5. The minimum absolute atomic E-state index is 0.150. The van der Waals surface area contributed by atoms with Crippen LogP contribution < -0.4 is 9.47 Å². The van der Waals surface area contributed by atoms with Crippen LogP contribution in [0.2, 0.25) is 8.87 Å². The number of hydrogen-bond acceptors (Lipinski definition) is 8. The third kappa shape index (κ3) is 5.07. The normalized spacial score (nSPS) is 11.3. The van der Waals surface area contributed by atoms with E-state index in [2.05, 4.69) is 9.97 Å². The van der Waals surface area contributed by atoms with E-state index in [1.165, 1.54) is 24.9 Å². The molecule has 0 atom stereocenters. The van der Waals surface area contributed by atoms with Crippen molar-refractivity contribution in [1.82, 2.24) is 9.97 Å². The fourth-order valence-corrected chi connectivity index (χ4v) is 13.0. The second-order valence-electron chi connectivity index (χ2n) is 5.66. The zero-order valence-electron chi connectivity index (χ0n) is 14.4. The van der Waals surface area contributed by atoms with Crippen molar-refractivity contribution in [2.75, 3.05) is 0 Å². The minimum atomic E-state index is -4.21. The van der Waals surface area contributed by atoms with Crippen molar-refractivity contribution in [3.63, 3.8) is 0 Å². The summed E-state index contributed by atoms with van der Waals surface area (Å²) in [6, 6.07) is 0. The predicted molar refractivity (Wildman–Crippen MR) is 90.2 cm³/mol. The fraction of sp³-hybridized carbons (Fsp3) is 0.500. The molecule has 0 N–H and O–H groups in total. The molecule has 8 nitrogen and oxygen atoms in total. The Kier molecular flexibility index (Phi) is 7.48. The number of carbonyl (C=O) groups is 2. The first-order valence-corrected chi connectivity index (χ1v) is 15.2. The number of hydrogen-bond donors (Lipinski definition) is 0. The Bertz CT molecular complexity index is 598. The summed E-state index contributed by atoms with van der Waals surface area (Å²) in [4.78, 5) is 33.5. The van der Waals surface area contributed by atoms with E-state index < -0.39 is 26.3 Å². The van der Waals surface area contributed by atoms with Gasteiger partial charge in [-0.25, -0.2) is 0 Å². The molecule has 2 aromatic heterocycles. The molecule has 0 saturated carbocycles. The van der Waals surface area contributed by atoms with Gasteiger partial charge in [0, 0.05) is 0 Å². The zero-order chi connectivity index (χ0) is 18.1. The number of unbranched alkanes of at least 4 members (excludes halogenated alkanes) is 2. The number of carbonyl (C=O) groups excluding carboxylic acids is 2. The van der Waals surface area contributed by atoms with E-state index in [1.807, 2.05) is 13.8 Å². The summed E-state index contributed by atoms with van der Waals surface area (Å²) in [7, 11) is 0. The van der Waals surface area contributed by atoms with Gasteiger partial charge in [-0.2, -0.15) is 0 Å². The predicted octanol–water partition coefficient (Wildman–Crippen LogP) is 4.57. The SMILES string of the molecule is CCC[CH2][Sn]([CH2]CCC)([C](=O)Oc1ncco1)[C](=O)Oc1ncco1. The van der Waals surface area contributed by atoms with Gasteiger partial charge in [-0.15, -0.1) is 0 Å². The molecule has 0 aliphatic heterocycles. The third-order valence-corrected chi connectivity index (χ3v) is 15.8. The molecule has 0 radical (unpaired) electrons. The number of rotatable bonds is 10. The van der Waals surface area contributed by atoms with Gasteiger partial charge in [0.25, 0.3) is 0 Å². The first-order chi connectivity index (χ1) is 12.1. The molecule has 0 aliphatic carbocycles. The Balaban J connectivity index is 2.27. The van der Waals surface area contributed by atoms with Crippen LogP contribution in [0.15, 0.2) is 33.8 Å². The van der Waals surface area contributed by atoms with Crippen molar-refractivity contribution in [2.45, 2.75) is 48.4 Å². The Morgan fingerprint density at radius 2 is 1.36 bits per heavy atom. The van der Waals surface area contributed by atoms with Gasteiger partial charge >= 0.3 is 150 Å². The molecule has 0 saturated heterocycles. The molecule has 0 aromatic carbocycles.